The zero-order valence-corrected chi connectivity index (χ0v) is 5.33. The Morgan fingerprint density at radius 3 is 3.20 bits per heavy atom. The third kappa shape index (κ3) is 1.51. The first-order chi connectivity index (χ1) is 4.83. The van der Waals surface area contributed by atoms with Gasteiger partial charge in [0.2, 0.25) is 0 Å². The number of aliphatic hydroxyl groups excluding tert-OH is 1. The molecule has 54 valence electrons. The van der Waals surface area contributed by atoms with Crippen LogP contribution < -0.4 is 10.6 Å². The number of hydrogen-bond acceptors (Lipinski definition) is 3. The van der Waals surface area contributed by atoms with E-state index in [4.69, 9.17) is 10.5 Å². The van der Waals surface area contributed by atoms with Crippen molar-refractivity contribution in [1.29, 1.82) is 5.41 Å². The van der Waals surface area contributed by atoms with Gasteiger partial charge in [-0.2, -0.15) is 0 Å². The van der Waals surface area contributed by atoms with Gasteiger partial charge in [-0.05, 0) is 12.2 Å². The Bertz CT molecular complexity index is 183. The molecule has 0 saturated carbocycles. The molecule has 0 radical (unpaired) electrons. The number of allylic oxidation sites excluding steroid dienone is 1. The fraction of sp³-hybridized carbons (Fsp3) is 0.167. The van der Waals surface area contributed by atoms with Gasteiger partial charge in [0.1, 0.15) is 11.9 Å². The lowest BCUT2D eigenvalue weighted by molar-refractivity contribution is 0.418. The first-order valence-electron chi connectivity index (χ1n) is 2.91. The van der Waals surface area contributed by atoms with E-state index in [0.717, 1.165) is 6.34 Å². The highest BCUT2D eigenvalue weighted by Gasteiger charge is 2.03. The highest BCUT2D eigenvalue weighted by Crippen LogP contribution is 1.97. The van der Waals surface area contributed by atoms with Gasteiger partial charge in [0.05, 0.1) is 6.34 Å². The molecule has 10 heavy (non-hydrogen) atoms. The van der Waals surface area contributed by atoms with Gasteiger partial charge in [0.25, 0.3) is 0 Å². The molecule has 1 heterocycles. The highest BCUT2D eigenvalue weighted by atomic mass is 16.3. The molecule has 0 aromatic rings. The molecule has 1 unspecified atom stereocenters. The monoisotopic (exact) mass is 139 g/mol. The van der Waals surface area contributed by atoms with Gasteiger partial charge >= 0.3 is 0 Å². The number of dihydropyridines is 1. The molecule has 4 nitrogen and oxygen atoms in total. The molecule has 0 aliphatic carbocycles. The van der Waals surface area contributed by atoms with E-state index in [9.17, 15) is 0 Å². The van der Waals surface area contributed by atoms with Crippen molar-refractivity contribution >= 4 is 6.34 Å². The summed E-state index contributed by atoms with van der Waals surface area (Å²) in [5, 5.41) is 21.1. The van der Waals surface area contributed by atoms with E-state index >= 15 is 0 Å². The molecular weight excluding hydrogens is 130 g/mol. The molecule has 0 aromatic heterocycles. The standard InChI is InChI=1S/C6H9N3O/c7-4-9-6-3-5(10)1-2-8-6/h1-4,6,8,10H,(H2,7,9). The Labute approximate surface area is 58.8 Å². The van der Waals surface area contributed by atoms with Crippen LogP contribution in [-0.2, 0) is 0 Å². The quantitative estimate of drug-likeness (QED) is 0.323. The maximum atomic E-state index is 8.93. The van der Waals surface area contributed by atoms with E-state index in [0.29, 0.717) is 0 Å². The topological polar surface area (TPSA) is 68.1 Å². The molecule has 1 atom stereocenters. The Hall–Kier alpha value is -1.45. The molecular formula is C6H9N3O. The average molecular weight is 139 g/mol. The van der Waals surface area contributed by atoms with Crippen LogP contribution in [0.25, 0.3) is 0 Å². The molecule has 0 amide bonds. The van der Waals surface area contributed by atoms with E-state index < -0.39 is 0 Å². The van der Waals surface area contributed by atoms with Crippen LogP contribution in [0, 0.1) is 5.41 Å². The van der Waals surface area contributed by atoms with Crippen LogP contribution in [0.5, 0.6) is 0 Å². The van der Waals surface area contributed by atoms with Crippen LogP contribution >= 0.6 is 0 Å². The Morgan fingerprint density at radius 1 is 1.80 bits per heavy atom. The molecule has 4 N–H and O–H groups in total. The van der Waals surface area contributed by atoms with Gasteiger partial charge < -0.3 is 15.7 Å². The van der Waals surface area contributed by atoms with Crippen LogP contribution in [0.3, 0.4) is 0 Å². The van der Waals surface area contributed by atoms with Gasteiger partial charge in [-0.15, -0.1) is 0 Å². The molecule has 0 aromatic carbocycles. The lowest BCUT2D eigenvalue weighted by Crippen LogP contribution is -2.38. The second kappa shape index (κ2) is 2.91. The summed E-state index contributed by atoms with van der Waals surface area (Å²) in [7, 11) is 0. The van der Waals surface area contributed by atoms with Crippen LogP contribution in [0.4, 0.5) is 0 Å². The summed E-state index contributed by atoms with van der Waals surface area (Å²) in [5.41, 5.74) is 0. The molecule has 0 bridgehead atoms. The lowest BCUT2D eigenvalue weighted by Gasteiger charge is -2.15. The summed E-state index contributed by atoms with van der Waals surface area (Å²) in [5.74, 6) is 0.207. The van der Waals surface area contributed by atoms with Gasteiger partial charge in [-0.25, -0.2) is 0 Å². The van der Waals surface area contributed by atoms with E-state index in [-0.39, 0.29) is 11.9 Å². The SMILES string of the molecule is N=CNC1C=C(O)C=CN1. The average Bonchev–Trinajstić information content (AvgIpc) is 1.88. The number of hydrogen-bond donors (Lipinski definition) is 4. The van der Waals surface area contributed by atoms with Crippen LogP contribution in [0.2, 0.25) is 0 Å². The molecule has 0 spiro atoms. The fourth-order valence-corrected chi connectivity index (χ4v) is 0.698. The van der Waals surface area contributed by atoms with Crippen molar-refractivity contribution in [3.8, 4) is 0 Å². The number of aliphatic hydroxyl groups is 1. The predicted molar refractivity (Wildman–Crippen MR) is 38.7 cm³/mol. The molecule has 1 aliphatic rings. The normalized spacial score (nSPS) is 22.8. The minimum Gasteiger partial charge on any atom is -0.508 e. The van der Waals surface area contributed by atoms with E-state index in [1.165, 1.54) is 0 Å². The second-order valence-corrected chi connectivity index (χ2v) is 1.88. The summed E-state index contributed by atoms with van der Waals surface area (Å²) >= 11 is 0. The third-order valence-electron chi connectivity index (χ3n) is 1.13. The van der Waals surface area contributed by atoms with Crippen LogP contribution in [0.1, 0.15) is 0 Å². The summed E-state index contributed by atoms with van der Waals surface area (Å²) < 4.78 is 0. The van der Waals surface area contributed by atoms with Crippen molar-refractivity contribution in [2.24, 2.45) is 0 Å². The fourth-order valence-electron chi connectivity index (χ4n) is 0.698. The maximum Gasteiger partial charge on any atom is 0.120 e. The molecule has 0 saturated heterocycles. The first-order valence-corrected chi connectivity index (χ1v) is 2.91. The smallest absolute Gasteiger partial charge is 0.120 e. The zero-order chi connectivity index (χ0) is 7.40. The van der Waals surface area contributed by atoms with E-state index in [1.807, 2.05) is 0 Å². The number of nitrogens with one attached hydrogen (secondary N) is 3. The second-order valence-electron chi connectivity index (χ2n) is 1.88. The largest absolute Gasteiger partial charge is 0.508 e. The Balaban J connectivity index is 2.51. The van der Waals surface area contributed by atoms with Crippen molar-refractivity contribution in [2.45, 2.75) is 6.17 Å². The lowest BCUT2D eigenvalue weighted by atomic mass is 10.3. The van der Waals surface area contributed by atoms with Crippen molar-refractivity contribution in [3.63, 3.8) is 0 Å². The Morgan fingerprint density at radius 2 is 2.60 bits per heavy atom. The molecule has 0 fully saturated rings. The van der Waals surface area contributed by atoms with E-state index in [2.05, 4.69) is 10.6 Å². The highest BCUT2D eigenvalue weighted by molar-refractivity contribution is 5.51. The third-order valence-corrected chi connectivity index (χ3v) is 1.13. The molecule has 1 aliphatic heterocycles. The first kappa shape index (κ1) is 6.67. The predicted octanol–water partition coefficient (Wildman–Crippen LogP) is 0.0680. The summed E-state index contributed by atoms with van der Waals surface area (Å²) in [6.07, 6.45) is 5.65. The maximum absolute atomic E-state index is 8.93. The minimum absolute atomic E-state index is 0.164. The van der Waals surface area contributed by atoms with Crippen LogP contribution in [0.15, 0.2) is 24.1 Å². The van der Waals surface area contributed by atoms with Gasteiger partial charge in [-0.1, -0.05) is 0 Å². The van der Waals surface area contributed by atoms with Crippen molar-refractivity contribution in [2.75, 3.05) is 0 Å². The summed E-state index contributed by atoms with van der Waals surface area (Å²) in [6.45, 7) is 0. The van der Waals surface area contributed by atoms with Crippen molar-refractivity contribution in [3.05, 3.63) is 24.1 Å². The summed E-state index contributed by atoms with van der Waals surface area (Å²) in [6, 6.07) is 0. The van der Waals surface area contributed by atoms with Crippen molar-refractivity contribution < 1.29 is 5.11 Å². The zero-order valence-electron chi connectivity index (χ0n) is 5.33. The minimum atomic E-state index is -0.164. The summed E-state index contributed by atoms with van der Waals surface area (Å²) in [4.78, 5) is 0. The number of rotatable bonds is 2. The van der Waals surface area contributed by atoms with Gasteiger partial charge in [0.15, 0.2) is 0 Å². The van der Waals surface area contributed by atoms with Crippen molar-refractivity contribution in [1.82, 2.24) is 10.6 Å². The van der Waals surface area contributed by atoms with Gasteiger partial charge in [-0.3, -0.25) is 5.41 Å². The van der Waals surface area contributed by atoms with Gasteiger partial charge in [0, 0.05) is 6.20 Å². The van der Waals surface area contributed by atoms with E-state index in [1.54, 1.807) is 18.4 Å². The Kier molecular flexibility index (Phi) is 1.94. The molecule has 4 heteroatoms. The molecule has 1 rings (SSSR count). The van der Waals surface area contributed by atoms with Crippen LogP contribution in [-0.4, -0.2) is 17.6 Å².